The van der Waals surface area contributed by atoms with Gasteiger partial charge in [0.25, 0.3) is 5.91 Å². The molecule has 2 aromatic carbocycles. The molecule has 3 aromatic rings. The first-order chi connectivity index (χ1) is 13.8. The van der Waals surface area contributed by atoms with Crippen molar-refractivity contribution in [3.8, 4) is 17.1 Å². The number of halogens is 4. The molecule has 4 rings (SSSR count). The van der Waals surface area contributed by atoms with E-state index < -0.39 is 23.7 Å². The van der Waals surface area contributed by atoms with Crippen molar-refractivity contribution >= 4 is 5.91 Å². The first-order valence-corrected chi connectivity index (χ1v) is 8.55. The Morgan fingerprint density at radius 1 is 1.17 bits per heavy atom. The number of amides is 1. The molecule has 1 aromatic heterocycles. The molecule has 0 aliphatic carbocycles. The Labute approximate surface area is 161 Å². The molecule has 0 saturated carbocycles. The monoisotopic (exact) mass is 407 g/mol. The summed E-state index contributed by atoms with van der Waals surface area (Å²) in [6, 6.07) is 8.99. The molecule has 150 valence electrons. The highest BCUT2D eigenvalue weighted by Gasteiger charge is 2.38. The molecule has 2 heterocycles. The molecule has 1 aliphatic rings. The second-order valence-electron chi connectivity index (χ2n) is 6.31. The number of carbonyl (C=O) groups excluding carboxylic acids is 1. The van der Waals surface area contributed by atoms with Gasteiger partial charge in [0.1, 0.15) is 18.2 Å². The minimum absolute atomic E-state index is 0.00924. The summed E-state index contributed by atoms with van der Waals surface area (Å²) in [6.07, 6.45) is -4.19. The lowest BCUT2D eigenvalue weighted by molar-refractivity contribution is -0.159. The van der Waals surface area contributed by atoms with Crippen LogP contribution in [-0.2, 0) is 19.2 Å². The Morgan fingerprint density at radius 2 is 2.00 bits per heavy atom. The fraction of sp³-hybridized carbons (Fsp3) is 0.211. The molecule has 29 heavy (non-hydrogen) atoms. The molecule has 0 spiro atoms. The normalized spacial score (nSPS) is 13.7. The second-order valence-corrected chi connectivity index (χ2v) is 6.31. The number of carbonyl (C=O) groups is 1. The predicted molar refractivity (Wildman–Crippen MR) is 91.5 cm³/mol. The van der Waals surface area contributed by atoms with Crippen molar-refractivity contribution in [3.63, 3.8) is 0 Å². The average Bonchev–Trinajstić information content (AvgIpc) is 3.17. The first kappa shape index (κ1) is 18.9. The van der Waals surface area contributed by atoms with Crippen molar-refractivity contribution in [1.29, 1.82) is 0 Å². The van der Waals surface area contributed by atoms with E-state index in [1.807, 2.05) is 0 Å². The molecule has 0 fully saturated rings. The molecule has 1 N–H and O–H groups in total. The van der Waals surface area contributed by atoms with Gasteiger partial charge in [0.05, 0.1) is 5.56 Å². The topological polar surface area (TPSA) is 77.2 Å². The zero-order valence-electron chi connectivity index (χ0n) is 14.7. The Balaban J connectivity index is 1.52. The Kier molecular flexibility index (Phi) is 4.69. The SMILES string of the molecule is O=C1NCCc2c(OCc3ccc(-c4noc(C(F)(F)F)n4)c(F)c3)cccc21. The highest BCUT2D eigenvalue weighted by molar-refractivity contribution is 5.97. The number of benzene rings is 2. The summed E-state index contributed by atoms with van der Waals surface area (Å²) in [5.41, 5.74) is 1.54. The minimum Gasteiger partial charge on any atom is -0.489 e. The van der Waals surface area contributed by atoms with Gasteiger partial charge in [0, 0.05) is 17.7 Å². The number of hydrogen-bond acceptors (Lipinski definition) is 5. The lowest BCUT2D eigenvalue weighted by atomic mass is 9.99. The van der Waals surface area contributed by atoms with Gasteiger partial charge in [-0.2, -0.15) is 18.2 Å². The van der Waals surface area contributed by atoms with Crippen molar-refractivity contribution in [2.24, 2.45) is 0 Å². The van der Waals surface area contributed by atoms with E-state index in [0.717, 1.165) is 11.6 Å². The van der Waals surface area contributed by atoms with Gasteiger partial charge in [0.15, 0.2) is 0 Å². The molecule has 1 aliphatic heterocycles. The van der Waals surface area contributed by atoms with E-state index >= 15 is 0 Å². The van der Waals surface area contributed by atoms with Gasteiger partial charge < -0.3 is 14.6 Å². The second kappa shape index (κ2) is 7.19. The van der Waals surface area contributed by atoms with Crippen molar-refractivity contribution in [2.75, 3.05) is 6.54 Å². The van der Waals surface area contributed by atoms with Crippen molar-refractivity contribution in [3.05, 3.63) is 64.8 Å². The van der Waals surface area contributed by atoms with Crippen molar-refractivity contribution in [1.82, 2.24) is 15.5 Å². The predicted octanol–water partition coefficient (Wildman–Crippen LogP) is 3.76. The largest absolute Gasteiger partial charge is 0.489 e. The third-order valence-corrected chi connectivity index (χ3v) is 4.38. The molecule has 0 saturated heterocycles. The van der Waals surface area contributed by atoms with Crippen LogP contribution >= 0.6 is 0 Å². The molecule has 10 heteroatoms. The van der Waals surface area contributed by atoms with Gasteiger partial charge in [-0.1, -0.05) is 17.3 Å². The van der Waals surface area contributed by atoms with Gasteiger partial charge in [-0.25, -0.2) is 4.39 Å². The van der Waals surface area contributed by atoms with Crippen LogP contribution in [-0.4, -0.2) is 22.6 Å². The maximum atomic E-state index is 14.4. The average molecular weight is 407 g/mol. The number of fused-ring (bicyclic) bond motifs is 1. The van der Waals surface area contributed by atoms with Crippen LogP contribution in [0, 0.1) is 5.82 Å². The third kappa shape index (κ3) is 3.78. The number of nitrogens with zero attached hydrogens (tertiary/aromatic N) is 2. The van der Waals surface area contributed by atoms with Crippen LogP contribution in [0.15, 0.2) is 40.9 Å². The van der Waals surface area contributed by atoms with Gasteiger partial charge in [-0.15, -0.1) is 0 Å². The Morgan fingerprint density at radius 3 is 2.72 bits per heavy atom. The summed E-state index contributed by atoms with van der Waals surface area (Å²) >= 11 is 0. The molecule has 0 atom stereocenters. The summed E-state index contributed by atoms with van der Waals surface area (Å²) in [7, 11) is 0. The van der Waals surface area contributed by atoms with E-state index in [1.165, 1.54) is 12.1 Å². The summed E-state index contributed by atoms with van der Waals surface area (Å²) in [5, 5.41) is 5.92. The molecular formula is C19H13F4N3O3. The van der Waals surface area contributed by atoms with Crippen LogP contribution in [0.25, 0.3) is 11.4 Å². The van der Waals surface area contributed by atoms with Crippen LogP contribution in [0.3, 0.4) is 0 Å². The first-order valence-electron chi connectivity index (χ1n) is 8.55. The van der Waals surface area contributed by atoms with Crippen LogP contribution in [0.4, 0.5) is 17.6 Å². The van der Waals surface area contributed by atoms with Crippen LogP contribution < -0.4 is 10.1 Å². The van der Waals surface area contributed by atoms with Gasteiger partial charge in [-0.05, 0) is 36.2 Å². The number of hydrogen-bond donors (Lipinski definition) is 1. The summed E-state index contributed by atoms with van der Waals surface area (Å²) in [4.78, 5) is 15.1. The number of ether oxygens (including phenoxy) is 1. The van der Waals surface area contributed by atoms with E-state index in [1.54, 1.807) is 18.2 Å². The Hall–Kier alpha value is -3.43. The maximum Gasteiger partial charge on any atom is 0.471 e. The molecule has 6 nitrogen and oxygen atoms in total. The third-order valence-electron chi connectivity index (χ3n) is 4.38. The van der Waals surface area contributed by atoms with E-state index in [2.05, 4.69) is 20.0 Å². The molecule has 0 bridgehead atoms. The van der Waals surface area contributed by atoms with Crippen molar-refractivity contribution < 1.29 is 31.6 Å². The van der Waals surface area contributed by atoms with Crippen LogP contribution in [0.1, 0.15) is 27.4 Å². The van der Waals surface area contributed by atoms with Crippen LogP contribution in [0.5, 0.6) is 5.75 Å². The molecular weight excluding hydrogens is 394 g/mol. The number of rotatable bonds is 4. The van der Waals surface area contributed by atoms with E-state index in [0.29, 0.717) is 29.8 Å². The number of alkyl halides is 3. The highest BCUT2D eigenvalue weighted by Crippen LogP contribution is 2.31. The zero-order chi connectivity index (χ0) is 20.6. The summed E-state index contributed by atoms with van der Waals surface area (Å²) in [6.45, 7) is 0.509. The lowest BCUT2D eigenvalue weighted by Gasteiger charge is -2.19. The van der Waals surface area contributed by atoms with Gasteiger partial charge in [0.2, 0.25) is 5.82 Å². The van der Waals surface area contributed by atoms with E-state index in [9.17, 15) is 22.4 Å². The van der Waals surface area contributed by atoms with Crippen molar-refractivity contribution in [2.45, 2.75) is 19.2 Å². The minimum atomic E-state index is -4.80. The standard InChI is InChI=1S/C19H13F4N3O3/c20-14-8-10(4-5-13(14)16-25-18(29-26-16)19(21,22)23)9-28-15-3-1-2-12-11(15)6-7-24-17(12)27/h1-5,8H,6-7,9H2,(H,24,27). The highest BCUT2D eigenvalue weighted by atomic mass is 19.4. The van der Waals surface area contributed by atoms with Gasteiger partial charge >= 0.3 is 12.1 Å². The van der Waals surface area contributed by atoms with Gasteiger partial charge in [-0.3, -0.25) is 4.79 Å². The molecule has 0 radical (unpaired) electrons. The molecule has 1 amide bonds. The fourth-order valence-electron chi connectivity index (χ4n) is 3.01. The summed E-state index contributed by atoms with van der Waals surface area (Å²) < 4.78 is 61.9. The lowest BCUT2D eigenvalue weighted by Crippen LogP contribution is -2.32. The zero-order valence-corrected chi connectivity index (χ0v) is 14.7. The Bertz CT molecular complexity index is 1080. The fourth-order valence-corrected chi connectivity index (χ4v) is 3.01. The quantitative estimate of drug-likeness (QED) is 0.667. The van der Waals surface area contributed by atoms with E-state index in [4.69, 9.17) is 4.74 Å². The number of aromatic nitrogens is 2. The summed E-state index contributed by atoms with van der Waals surface area (Å²) in [5.74, 6) is -2.50. The van der Waals surface area contributed by atoms with E-state index in [-0.39, 0.29) is 18.1 Å². The van der Waals surface area contributed by atoms with Crippen LogP contribution in [0.2, 0.25) is 0 Å². The number of nitrogens with one attached hydrogen (secondary N) is 1. The molecule has 0 unspecified atom stereocenters. The smallest absolute Gasteiger partial charge is 0.471 e. The maximum absolute atomic E-state index is 14.4.